The van der Waals surface area contributed by atoms with Gasteiger partial charge in [0.1, 0.15) is 5.69 Å². The van der Waals surface area contributed by atoms with Crippen molar-refractivity contribution >= 4 is 5.91 Å². The summed E-state index contributed by atoms with van der Waals surface area (Å²) in [6.45, 7) is 8.25. The van der Waals surface area contributed by atoms with E-state index in [1.165, 1.54) is 0 Å². The molecule has 0 saturated heterocycles. The number of hydrogen-bond donors (Lipinski definition) is 1. The Morgan fingerprint density at radius 2 is 1.80 bits per heavy atom. The smallest absolute Gasteiger partial charge is 0.274 e. The Balaban J connectivity index is 2.79. The van der Waals surface area contributed by atoms with E-state index in [9.17, 15) is 4.79 Å². The van der Waals surface area contributed by atoms with Gasteiger partial charge >= 0.3 is 0 Å². The average Bonchev–Trinajstić information content (AvgIpc) is 2.87. The van der Waals surface area contributed by atoms with Gasteiger partial charge in [0.25, 0.3) is 5.91 Å². The second-order valence-corrected chi connectivity index (χ2v) is 5.69. The molecule has 1 aromatic heterocycles. The van der Waals surface area contributed by atoms with Crippen molar-refractivity contribution in [1.29, 1.82) is 0 Å². The summed E-state index contributed by atoms with van der Waals surface area (Å²) in [5.41, 5.74) is 1.32. The van der Waals surface area contributed by atoms with Crippen LogP contribution in [0.25, 0.3) is 0 Å². The van der Waals surface area contributed by atoms with Crippen molar-refractivity contribution < 1.29 is 14.3 Å². The summed E-state index contributed by atoms with van der Waals surface area (Å²) in [5, 5.41) is 7.06. The Morgan fingerprint density at radius 3 is 2.20 bits per heavy atom. The van der Waals surface area contributed by atoms with Gasteiger partial charge in [-0.1, -0.05) is 20.8 Å². The van der Waals surface area contributed by atoms with Crippen LogP contribution in [-0.4, -0.2) is 61.5 Å². The SMILES string of the molecule is COCCN(CCOC)C(=O)c1cc(C(C)(C)C)[nH]n1. The largest absolute Gasteiger partial charge is 0.383 e. The van der Waals surface area contributed by atoms with Gasteiger partial charge in [0, 0.05) is 38.4 Å². The van der Waals surface area contributed by atoms with Gasteiger partial charge in [-0.25, -0.2) is 0 Å². The highest BCUT2D eigenvalue weighted by Crippen LogP contribution is 2.20. The highest BCUT2D eigenvalue weighted by molar-refractivity contribution is 5.92. The second kappa shape index (κ2) is 7.40. The van der Waals surface area contributed by atoms with Crippen LogP contribution < -0.4 is 0 Å². The molecule has 0 aliphatic carbocycles. The van der Waals surface area contributed by atoms with E-state index < -0.39 is 0 Å². The molecule has 0 saturated carbocycles. The van der Waals surface area contributed by atoms with Crippen molar-refractivity contribution in [2.75, 3.05) is 40.5 Å². The standard InChI is InChI=1S/C14H25N3O3/c1-14(2,3)12-10-11(15-16-12)13(18)17(6-8-19-4)7-9-20-5/h10H,6-9H2,1-5H3,(H,15,16). The Labute approximate surface area is 120 Å². The fourth-order valence-electron chi connectivity index (χ4n) is 1.70. The fraction of sp³-hybridized carbons (Fsp3) is 0.714. The zero-order valence-corrected chi connectivity index (χ0v) is 13.0. The summed E-state index contributed by atoms with van der Waals surface area (Å²) in [7, 11) is 3.23. The lowest BCUT2D eigenvalue weighted by atomic mass is 9.92. The van der Waals surface area contributed by atoms with E-state index in [2.05, 4.69) is 31.0 Å². The molecule has 0 radical (unpaired) electrons. The first kappa shape index (κ1) is 16.7. The van der Waals surface area contributed by atoms with E-state index >= 15 is 0 Å². The van der Waals surface area contributed by atoms with Gasteiger partial charge in [-0.3, -0.25) is 9.89 Å². The number of aromatic amines is 1. The van der Waals surface area contributed by atoms with E-state index in [1.54, 1.807) is 19.1 Å². The van der Waals surface area contributed by atoms with E-state index in [4.69, 9.17) is 9.47 Å². The summed E-state index contributed by atoms with van der Waals surface area (Å²) >= 11 is 0. The molecule has 1 amide bonds. The van der Waals surface area contributed by atoms with Crippen LogP contribution in [-0.2, 0) is 14.9 Å². The van der Waals surface area contributed by atoms with Crippen LogP contribution in [0, 0.1) is 0 Å². The molecule has 20 heavy (non-hydrogen) atoms. The molecule has 1 N–H and O–H groups in total. The number of aromatic nitrogens is 2. The molecule has 1 heterocycles. The van der Waals surface area contributed by atoms with E-state index in [1.807, 2.05) is 6.07 Å². The number of methoxy groups -OCH3 is 2. The molecule has 0 aromatic carbocycles. The molecule has 0 aliphatic rings. The van der Waals surface area contributed by atoms with Crippen LogP contribution in [0.2, 0.25) is 0 Å². The first-order valence-electron chi connectivity index (χ1n) is 6.73. The van der Waals surface area contributed by atoms with Crippen molar-refractivity contribution in [3.8, 4) is 0 Å². The number of nitrogens with zero attached hydrogens (tertiary/aromatic N) is 2. The van der Waals surface area contributed by atoms with Crippen LogP contribution in [0.3, 0.4) is 0 Å². The lowest BCUT2D eigenvalue weighted by molar-refractivity contribution is 0.0622. The van der Waals surface area contributed by atoms with Crippen LogP contribution in [0.5, 0.6) is 0 Å². The summed E-state index contributed by atoms with van der Waals surface area (Å²) in [4.78, 5) is 14.1. The molecule has 0 fully saturated rings. The summed E-state index contributed by atoms with van der Waals surface area (Å²) in [6, 6.07) is 1.81. The quantitative estimate of drug-likeness (QED) is 0.822. The van der Waals surface area contributed by atoms with Gasteiger partial charge in [0.05, 0.1) is 13.2 Å². The van der Waals surface area contributed by atoms with Crippen LogP contribution in [0.1, 0.15) is 37.0 Å². The monoisotopic (exact) mass is 283 g/mol. The normalized spacial score (nSPS) is 11.7. The molecular formula is C14H25N3O3. The number of amides is 1. The van der Waals surface area contributed by atoms with Crippen molar-refractivity contribution in [2.45, 2.75) is 26.2 Å². The van der Waals surface area contributed by atoms with Crippen molar-refractivity contribution in [1.82, 2.24) is 15.1 Å². The molecule has 0 unspecified atom stereocenters. The molecule has 114 valence electrons. The number of H-pyrrole nitrogens is 1. The zero-order chi connectivity index (χ0) is 15.2. The lowest BCUT2D eigenvalue weighted by Gasteiger charge is -2.21. The number of ether oxygens (including phenoxy) is 2. The van der Waals surface area contributed by atoms with E-state index in [-0.39, 0.29) is 11.3 Å². The lowest BCUT2D eigenvalue weighted by Crippen LogP contribution is -2.36. The minimum atomic E-state index is -0.106. The summed E-state index contributed by atoms with van der Waals surface area (Å²) in [5.74, 6) is -0.106. The zero-order valence-electron chi connectivity index (χ0n) is 13.0. The van der Waals surface area contributed by atoms with Gasteiger partial charge in [0.15, 0.2) is 0 Å². The summed E-state index contributed by atoms with van der Waals surface area (Å²) in [6.07, 6.45) is 0. The highest BCUT2D eigenvalue weighted by Gasteiger charge is 2.22. The Hall–Kier alpha value is -1.40. The Bertz CT molecular complexity index is 416. The fourth-order valence-corrected chi connectivity index (χ4v) is 1.70. The predicted octanol–water partition coefficient (Wildman–Crippen LogP) is 1.44. The van der Waals surface area contributed by atoms with Crippen molar-refractivity contribution in [3.05, 3.63) is 17.5 Å². The topological polar surface area (TPSA) is 67.5 Å². The minimum absolute atomic E-state index is 0.0601. The number of carbonyl (C=O) groups excluding carboxylic acids is 1. The maximum Gasteiger partial charge on any atom is 0.274 e. The van der Waals surface area contributed by atoms with Gasteiger partial charge < -0.3 is 14.4 Å². The third-order valence-corrected chi connectivity index (χ3v) is 3.02. The number of hydrogen-bond acceptors (Lipinski definition) is 4. The molecule has 1 aromatic rings. The maximum absolute atomic E-state index is 12.4. The van der Waals surface area contributed by atoms with Crippen LogP contribution in [0.15, 0.2) is 6.07 Å². The van der Waals surface area contributed by atoms with Gasteiger partial charge in [-0.2, -0.15) is 5.10 Å². The summed E-state index contributed by atoms with van der Waals surface area (Å²) < 4.78 is 10.1. The third-order valence-electron chi connectivity index (χ3n) is 3.02. The minimum Gasteiger partial charge on any atom is -0.383 e. The Morgan fingerprint density at radius 1 is 1.25 bits per heavy atom. The van der Waals surface area contributed by atoms with Crippen molar-refractivity contribution in [2.24, 2.45) is 0 Å². The highest BCUT2D eigenvalue weighted by atomic mass is 16.5. The van der Waals surface area contributed by atoms with Gasteiger partial charge in [-0.05, 0) is 6.07 Å². The Kier molecular flexibility index (Phi) is 6.16. The molecule has 6 heteroatoms. The second-order valence-electron chi connectivity index (χ2n) is 5.69. The first-order valence-corrected chi connectivity index (χ1v) is 6.73. The van der Waals surface area contributed by atoms with Crippen molar-refractivity contribution in [3.63, 3.8) is 0 Å². The van der Waals surface area contributed by atoms with Gasteiger partial charge in [0.2, 0.25) is 0 Å². The van der Waals surface area contributed by atoms with Gasteiger partial charge in [-0.15, -0.1) is 0 Å². The first-order chi connectivity index (χ1) is 9.40. The van der Waals surface area contributed by atoms with Crippen LogP contribution >= 0.6 is 0 Å². The molecular weight excluding hydrogens is 258 g/mol. The third kappa shape index (κ3) is 4.61. The van der Waals surface area contributed by atoms with E-state index in [0.29, 0.717) is 32.0 Å². The number of carbonyl (C=O) groups is 1. The predicted molar refractivity (Wildman–Crippen MR) is 76.9 cm³/mol. The van der Waals surface area contributed by atoms with E-state index in [0.717, 1.165) is 5.69 Å². The van der Waals surface area contributed by atoms with Crippen LogP contribution in [0.4, 0.5) is 0 Å². The average molecular weight is 283 g/mol. The number of rotatable bonds is 7. The molecule has 0 bridgehead atoms. The molecule has 0 spiro atoms. The number of nitrogens with one attached hydrogen (secondary N) is 1. The molecule has 0 atom stereocenters. The maximum atomic E-state index is 12.4. The molecule has 0 aliphatic heterocycles. The molecule has 6 nitrogen and oxygen atoms in total. The molecule has 1 rings (SSSR count).